The summed E-state index contributed by atoms with van der Waals surface area (Å²) in [7, 11) is 1.71. The molecule has 0 unspecified atom stereocenters. The smallest absolute Gasteiger partial charge is 0.353 e. The van der Waals surface area contributed by atoms with Crippen molar-refractivity contribution < 1.29 is 14.6 Å². The third kappa shape index (κ3) is 1.92. The molecule has 0 saturated heterocycles. The van der Waals surface area contributed by atoms with E-state index in [4.69, 9.17) is 9.84 Å². The highest BCUT2D eigenvalue weighted by atomic mass is 16.5. The SMILES string of the molecule is COC1(c2ccccc2-c2cc(C(=O)O)[nH]n2)CC1. The number of hydrogen-bond acceptors (Lipinski definition) is 3. The minimum absolute atomic E-state index is 0.0899. The van der Waals surface area contributed by atoms with E-state index in [1.54, 1.807) is 13.2 Å². The first-order valence-corrected chi connectivity index (χ1v) is 6.10. The molecule has 2 N–H and O–H groups in total. The van der Waals surface area contributed by atoms with Crippen LogP contribution in [-0.2, 0) is 10.3 Å². The summed E-state index contributed by atoms with van der Waals surface area (Å²) in [5, 5.41) is 15.5. The minimum Gasteiger partial charge on any atom is -0.477 e. The summed E-state index contributed by atoms with van der Waals surface area (Å²) in [4.78, 5) is 10.9. The van der Waals surface area contributed by atoms with E-state index in [2.05, 4.69) is 10.2 Å². The minimum atomic E-state index is -1.01. The van der Waals surface area contributed by atoms with Crippen LogP contribution in [0.2, 0.25) is 0 Å². The van der Waals surface area contributed by atoms with Gasteiger partial charge in [-0.2, -0.15) is 5.10 Å². The lowest BCUT2D eigenvalue weighted by atomic mass is 9.98. The first kappa shape index (κ1) is 11.9. The van der Waals surface area contributed by atoms with E-state index in [1.165, 1.54) is 0 Å². The van der Waals surface area contributed by atoms with Crippen molar-refractivity contribution in [2.75, 3.05) is 7.11 Å². The van der Waals surface area contributed by atoms with E-state index < -0.39 is 5.97 Å². The fraction of sp³-hybridized carbons (Fsp3) is 0.286. The van der Waals surface area contributed by atoms with Crippen LogP contribution in [0.4, 0.5) is 0 Å². The zero-order valence-electron chi connectivity index (χ0n) is 10.5. The lowest BCUT2D eigenvalue weighted by molar-refractivity contribution is 0.0690. The fourth-order valence-corrected chi connectivity index (χ4v) is 2.37. The highest BCUT2D eigenvalue weighted by Crippen LogP contribution is 2.51. The molecule has 1 saturated carbocycles. The number of nitrogens with one attached hydrogen (secondary N) is 1. The molecule has 1 aromatic heterocycles. The van der Waals surface area contributed by atoms with Crippen molar-refractivity contribution in [1.29, 1.82) is 0 Å². The summed E-state index contributed by atoms with van der Waals surface area (Å²) in [6.07, 6.45) is 1.97. The second-order valence-corrected chi connectivity index (χ2v) is 4.72. The summed E-state index contributed by atoms with van der Waals surface area (Å²) >= 11 is 0. The monoisotopic (exact) mass is 258 g/mol. The Kier molecular flexibility index (Phi) is 2.64. The number of aromatic carboxylic acids is 1. The Morgan fingerprint density at radius 1 is 1.42 bits per heavy atom. The molecule has 0 aliphatic heterocycles. The molecule has 0 bridgehead atoms. The molecule has 0 atom stereocenters. The third-order valence-electron chi connectivity index (χ3n) is 3.60. The number of carboxylic acids is 1. The van der Waals surface area contributed by atoms with Gasteiger partial charge in [0.1, 0.15) is 5.69 Å². The maximum Gasteiger partial charge on any atom is 0.353 e. The van der Waals surface area contributed by atoms with E-state index in [-0.39, 0.29) is 11.3 Å². The molecule has 5 heteroatoms. The van der Waals surface area contributed by atoms with E-state index in [9.17, 15) is 4.79 Å². The molecule has 2 aromatic rings. The fourth-order valence-electron chi connectivity index (χ4n) is 2.37. The van der Waals surface area contributed by atoms with Crippen molar-refractivity contribution in [2.24, 2.45) is 0 Å². The van der Waals surface area contributed by atoms with Crippen molar-refractivity contribution >= 4 is 5.97 Å². The zero-order chi connectivity index (χ0) is 13.5. The molecular formula is C14H14N2O3. The summed E-state index contributed by atoms with van der Waals surface area (Å²) in [5.41, 5.74) is 2.49. The molecule has 3 rings (SSSR count). The van der Waals surface area contributed by atoms with Crippen LogP contribution in [0.15, 0.2) is 30.3 Å². The summed E-state index contributed by atoms with van der Waals surface area (Å²) in [6, 6.07) is 9.38. The van der Waals surface area contributed by atoms with Crippen molar-refractivity contribution in [3.05, 3.63) is 41.6 Å². The molecule has 1 aromatic carbocycles. The number of nitrogens with zero attached hydrogens (tertiary/aromatic N) is 1. The molecular weight excluding hydrogens is 244 g/mol. The Bertz CT molecular complexity index is 629. The van der Waals surface area contributed by atoms with E-state index in [0.29, 0.717) is 5.69 Å². The number of rotatable bonds is 4. The number of carbonyl (C=O) groups is 1. The number of hydrogen-bond donors (Lipinski definition) is 2. The third-order valence-corrected chi connectivity index (χ3v) is 3.60. The van der Waals surface area contributed by atoms with Crippen LogP contribution in [0.5, 0.6) is 0 Å². The first-order chi connectivity index (χ1) is 9.16. The van der Waals surface area contributed by atoms with Crippen LogP contribution < -0.4 is 0 Å². The molecule has 1 fully saturated rings. The second kappa shape index (κ2) is 4.20. The Morgan fingerprint density at radius 2 is 2.16 bits per heavy atom. The van der Waals surface area contributed by atoms with Crippen LogP contribution in [0.25, 0.3) is 11.3 Å². The summed E-state index contributed by atoms with van der Waals surface area (Å²) in [6.45, 7) is 0. The Balaban J connectivity index is 2.07. The summed E-state index contributed by atoms with van der Waals surface area (Å²) < 4.78 is 5.60. The number of benzene rings is 1. The zero-order valence-corrected chi connectivity index (χ0v) is 10.5. The Hall–Kier alpha value is -2.14. The van der Waals surface area contributed by atoms with Gasteiger partial charge in [-0.3, -0.25) is 5.10 Å². The van der Waals surface area contributed by atoms with Crippen molar-refractivity contribution in [2.45, 2.75) is 18.4 Å². The second-order valence-electron chi connectivity index (χ2n) is 4.72. The van der Waals surface area contributed by atoms with Gasteiger partial charge in [0.2, 0.25) is 0 Å². The summed E-state index contributed by atoms with van der Waals surface area (Å²) in [5.74, 6) is -1.01. The van der Waals surface area contributed by atoms with Gasteiger partial charge < -0.3 is 9.84 Å². The average Bonchev–Trinajstić information content (AvgIpc) is 3.07. The first-order valence-electron chi connectivity index (χ1n) is 6.10. The molecule has 1 aliphatic rings. The largest absolute Gasteiger partial charge is 0.477 e. The number of methoxy groups -OCH3 is 1. The van der Waals surface area contributed by atoms with Crippen LogP contribution in [0.3, 0.4) is 0 Å². The number of aromatic amines is 1. The number of H-pyrrole nitrogens is 1. The quantitative estimate of drug-likeness (QED) is 0.883. The predicted octanol–water partition coefficient (Wildman–Crippen LogP) is 2.41. The predicted molar refractivity (Wildman–Crippen MR) is 68.9 cm³/mol. The van der Waals surface area contributed by atoms with Crippen LogP contribution in [0, 0.1) is 0 Å². The Labute approximate surface area is 110 Å². The van der Waals surface area contributed by atoms with Crippen LogP contribution in [0.1, 0.15) is 28.9 Å². The highest BCUT2D eigenvalue weighted by Gasteiger charge is 2.46. The van der Waals surface area contributed by atoms with Gasteiger partial charge >= 0.3 is 5.97 Å². The van der Waals surface area contributed by atoms with Gasteiger partial charge in [0.15, 0.2) is 0 Å². The Morgan fingerprint density at radius 3 is 2.74 bits per heavy atom. The molecule has 1 heterocycles. The molecule has 0 spiro atoms. The van der Waals surface area contributed by atoms with Gasteiger partial charge in [0.05, 0.1) is 11.3 Å². The van der Waals surface area contributed by atoms with Gasteiger partial charge in [-0.15, -0.1) is 0 Å². The molecule has 0 amide bonds. The van der Waals surface area contributed by atoms with Gasteiger partial charge in [0.25, 0.3) is 0 Å². The maximum absolute atomic E-state index is 10.9. The number of aromatic nitrogens is 2. The van der Waals surface area contributed by atoms with Gasteiger partial charge in [-0.25, -0.2) is 4.79 Å². The van der Waals surface area contributed by atoms with E-state index in [0.717, 1.165) is 24.0 Å². The number of ether oxygens (including phenoxy) is 1. The molecule has 19 heavy (non-hydrogen) atoms. The van der Waals surface area contributed by atoms with Gasteiger partial charge in [-0.1, -0.05) is 24.3 Å². The maximum atomic E-state index is 10.9. The molecule has 98 valence electrons. The van der Waals surface area contributed by atoms with Crippen molar-refractivity contribution in [3.8, 4) is 11.3 Å². The van der Waals surface area contributed by atoms with E-state index in [1.807, 2.05) is 24.3 Å². The van der Waals surface area contributed by atoms with Crippen molar-refractivity contribution in [3.63, 3.8) is 0 Å². The van der Waals surface area contributed by atoms with Crippen LogP contribution in [-0.4, -0.2) is 28.4 Å². The number of carboxylic acid groups (broad SMARTS) is 1. The van der Waals surface area contributed by atoms with Crippen molar-refractivity contribution in [1.82, 2.24) is 10.2 Å². The molecule has 5 nitrogen and oxygen atoms in total. The van der Waals surface area contributed by atoms with Crippen LogP contribution >= 0.6 is 0 Å². The molecule has 1 aliphatic carbocycles. The lowest BCUT2D eigenvalue weighted by Crippen LogP contribution is -2.10. The molecule has 0 radical (unpaired) electrons. The normalized spacial score (nSPS) is 16.3. The average molecular weight is 258 g/mol. The highest BCUT2D eigenvalue weighted by molar-refractivity contribution is 5.87. The lowest BCUT2D eigenvalue weighted by Gasteiger charge is -2.17. The standard InChI is InChI=1S/C14H14N2O3/c1-19-14(6-7-14)10-5-3-2-4-9(10)11-8-12(13(17)18)16-15-11/h2-5,8H,6-7H2,1H3,(H,15,16)(H,17,18). The van der Waals surface area contributed by atoms with Gasteiger partial charge in [0, 0.05) is 12.7 Å². The van der Waals surface area contributed by atoms with Gasteiger partial charge in [-0.05, 0) is 24.5 Å². The topological polar surface area (TPSA) is 75.2 Å². The van der Waals surface area contributed by atoms with E-state index >= 15 is 0 Å².